The predicted octanol–water partition coefficient (Wildman–Crippen LogP) is 3.72. The van der Waals surface area contributed by atoms with Gasteiger partial charge in [0.1, 0.15) is 6.61 Å². The first-order valence-electron chi connectivity index (χ1n) is 13.5. The van der Waals surface area contributed by atoms with Gasteiger partial charge >= 0.3 is 0 Å². The molecule has 10 heteroatoms. The molecule has 0 spiro atoms. The van der Waals surface area contributed by atoms with E-state index in [1.807, 2.05) is 54.8 Å². The molecule has 1 aromatic carbocycles. The average Bonchev–Trinajstić information content (AvgIpc) is 3.31. The van der Waals surface area contributed by atoms with Crippen molar-refractivity contribution in [3.8, 4) is 0 Å². The van der Waals surface area contributed by atoms with Crippen LogP contribution in [0.25, 0.3) is 11.6 Å². The Hall–Kier alpha value is -3.53. The first kappa shape index (κ1) is 28.0. The smallest absolute Gasteiger partial charge is 0.246 e. The van der Waals surface area contributed by atoms with E-state index in [4.69, 9.17) is 21.3 Å². The summed E-state index contributed by atoms with van der Waals surface area (Å²) < 4.78 is 7.03. The third-order valence-corrected chi connectivity index (χ3v) is 7.82. The van der Waals surface area contributed by atoms with E-state index in [0.717, 1.165) is 33.7 Å². The summed E-state index contributed by atoms with van der Waals surface area (Å²) >= 11 is 6.61. The number of rotatable bonds is 7. The van der Waals surface area contributed by atoms with E-state index in [1.165, 1.54) is 7.11 Å². The van der Waals surface area contributed by atoms with Crippen LogP contribution in [0.1, 0.15) is 54.0 Å². The first-order chi connectivity index (χ1) is 19.3. The van der Waals surface area contributed by atoms with Crippen molar-refractivity contribution in [3.63, 3.8) is 0 Å². The van der Waals surface area contributed by atoms with Crippen molar-refractivity contribution in [2.45, 2.75) is 25.9 Å². The lowest BCUT2D eigenvalue weighted by Crippen LogP contribution is -2.51. The number of aromatic nitrogens is 3. The lowest BCUT2D eigenvalue weighted by atomic mass is 9.89. The fraction of sp³-hybridized carbons (Fsp3) is 0.400. The molecule has 3 aromatic rings. The SMILES string of the molecule is COCC(=O)NC(C1=Cc2cccnc2C(N2CCN(C(=O)C(C)C)CC2)c2ccc(Cl)cc21)c1cncn1C. The third kappa shape index (κ3) is 5.54. The second kappa shape index (κ2) is 11.9. The largest absolute Gasteiger partial charge is 0.375 e. The Labute approximate surface area is 239 Å². The van der Waals surface area contributed by atoms with E-state index in [1.54, 1.807) is 12.5 Å². The number of carbonyl (C=O) groups is 2. The molecular formula is C30H35ClN6O3. The molecular weight excluding hydrogens is 528 g/mol. The summed E-state index contributed by atoms with van der Waals surface area (Å²) in [7, 11) is 3.41. The maximum Gasteiger partial charge on any atom is 0.246 e. The highest BCUT2D eigenvalue weighted by Gasteiger charge is 2.36. The van der Waals surface area contributed by atoms with Gasteiger partial charge in [-0.2, -0.15) is 0 Å². The zero-order valence-corrected chi connectivity index (χ0v) is 24.1. The second-order valence-corrected chi connectivity index (χ2v) is 11.0. The van der Waals surface area contributed by atoms with Gasteiger partial charge in [-0.1, -0.05) is 37.6 Å². The second-order valence-electron chi connectivity index (χ2n) is 10.6. The molecule has 1 fully saturated rings. The van der Waals surface area contributed by atoms with Crippen molar-refractivity contribution >= 4 is 35.1 Å². The Morgan fingerprint density at radius 2 is 1.95 bits per heavy atom. The van der Waals surface area contributed by atoms with Gasteiger partial charge in [0, 0.05) is 57.5 Å². The van der Waals surface area contributed by atoms with Crippen molar-refractivity contribution in [1.82, 2.24) is 29.7 Å². The van der Waals surface area contributed by atoms with E-state index >= 15 is 0 Å². The molecule has 9 nitrogen and oxygen atoms in total. The number of hydrogen-bond acceptors (Lipinski definition) is 6. The molecule has 2 aromatic heterocycles. The van der Waals surface area contributed by atoms with Gasteiger partial charge in [0.2, 0.25) is 11.8 Å². The number of nitrogens with one attached hydrogen (secondary N) is 1. The van der Waals surface area contributed by atoms with Crippen molar-refractivity contribution in [2.75, 3.05) is 39.9 Å². The molecule has 210 valence electrons. The van der Waals surface area contributed by atoms with Crippen LogP contribution in [0, 0.1) is 5.92 Å². The lowest BCUT2D eigenvalue weighted by molar-refractivity contribution is -0.136. The Morgan fingerprint density at radius 3 is 2.62 bits per heavy atom. The molecule has 2 amide bonds. The van der Waals surface area contributed by atoms with Crippen LogP contribution >= 0.6 is 11.6 Å². The van der Waals surface area contributed by atoms with Gasteiger partial charge in [-0.15, -0.1) is 0 Å². The van der Waals surface area contributed by atoms with E-state index in [2.05, 4.69) is 33.4 Å². The number of aryl methyl sites for hydroxylation is 1. The van der Waals surface area contributed by atoms with Crippen molar-refractivity contribution in [2.24, 2.45) is 13.0 Å². The third-order valence-electron chi connectivity index (χ3n) is 7.59. The number of ether oxygens (including phenoxy) is 1. The summed E-state index contributed by atoms with van der Waals surface area (Å²) in [5.74, 6) is -0.0870. The van der Waals surface area contributed by atoms with Gasteiger partial charge < -0.3 is 19.5 Å². The van der Waals surface area contributed by atoms with Crippen molar-refractivity contribution < 1.29 is 14.3 Å². The van der Waals surface area contributed by atoms with Crippen LogP contribution in [0.3, 0.4) is 0 Å². The number of carbonyl (C=O) groups excluding carboxylic acids is 2. The van der Waals surface area contributed by atoms with Crippen LogP contribution in [0.4, 0.5) is 0 Å². The Bertz CT molecular complexity index is 1430. The number of pyridine rings is 1. The molecule has 40 heavy (non-hydrogen) atoms. The molecule has 0 radical (unpaired) electrons. The van der Waals surface area contributed by atoms with Gasteiger partial charge in [0.25, 0.3) is 0 Å². The summed E-state index contributed by atoms with van der Waals surface area (Å²) in [6.45, 7) is 6.56. The summed E-state index contributed by atoms with van der Waals surface area (Å²) in [5, 5.41) is 3.76. The van der Waals surface area contributed by atoms with E-state index in [-0.39, 0.29) is 30.4 Å². The maximum absolute atomic E-state index is 12.9. The van der Waals surface area contributed by atoms with Gasteiger partial charge in [-0.25, -0.2) is 4.98 Å². The van der Waals surface area contributed by atoms with Gasteiger partial charge in [-0.05, 0) is 46.5 Å². The van der Waals surface area contributed by atoms with Crippen LogP contribution in [0.2, 0.25) is 5.02 Å². The van der Waals surface area contributed by atoms with Crippen molar-refractivity contribution in [1.29, 1.82) is 0 Å². The highest BCUT2D eigenvalue weighted by Crippen LogP contribution is 2.44. The number of piperazine rings is 1. The highest BCUT2D eigenvalue weighted by molar-refractivity contribution is 6.30. The molecule has 1 aliphatic carbocycles. The maximum atomic E-state index is 12.9. The minimum Gasteiger partial charge on any atom is -0.375 e. The zero-order valence-electron chi connectivity index (χ0n) is 23.3. The highest BCUT2D eigenvalue weighted by atomic mass is 35.5. The molecule has 2 unspecified atom stereocenters. The fourth-order valence-corrected chi connectivity index (χ4v) is 5.83. The predicted molar refractivity (Wildman–Crippen MR) is 154 cm³/mol. The summed E-state index contributed by atoms with van der Waals surface area (Å²) in [5.41, 5.74) is 5.58. The number of imidazole rings is 1. The van der Waals surface area contributed by atoms with Crippen LogP contribution in [-0.4, -0.2) is 76.0 Å². The number of benzene rings is 1. The number of nitrogens with zero attached hydrogens (tertiary/aromatic N) is 5. The van der Waals surface area contributed by atoms with E-state index in [0.29, 0.717) is 31.2 Å². The molecule has 5 rings (SSSR count). The molecule has 3 heterocycles. The number of amides is 2. The molecule has 2 atom stereocenters. The molecule has 2 aliphatic rings. The first-order valence-corrected chi connectivity index (χ1v) is 13.9. The zero-order chi connectivity index (χ0) is 28.4. The lowest BCUT2D eigenvalue weighted by Gasteiger charge is -2.40. The summed E-state index contributed by atoms with van der Waals surface area (Å²) in [4.78, 5) is 39.1. The molecule has 0 bridgehead atoms. The minimum atomic E-state index is -0.514. The summed E-state index contributed by atoms with van der Waals surface area (Å²) in [6.07, 6.45) is 7.40. The fourth-order valence-electron chi connectivity index (χ4n) is 5.65. The number of methoxy groups -OCH3 is 1. The van der Waals surface area contributed by atoms with Gasteiger partial charge in [0.15, 0.2) is 0 Å². The minimum absolute atomic E-state index is 0.0290. The Kier molecular flexibility index (Phi) is 8.35. The number of halogens is 1. The topological polar surface area (TPSA) is 92.6 Å². The monoisotopic (exact) mass is 562 g/mol. The van der Waals surface area contributed by atoms with Crippen LogP contribution < -0.4 is 5.32 Å². The number of hydrogen-bond donors (Lipinski definition) is 1. The van der Waals surface area contributed by atoms with E-state index < -0.39 is 6.04 Å². The van der Waals surface area contributed by atoms with Crippen LogP contribution in [0.15, 0.2) is 49.1 Å². The van der Waals surface area contributed by atoms with Crippen LogP contribution in [0.5, 0.6) is 0 Å². The van der Waals surface area contributed by atoms with Gasteiger partial charge in [0.05, 0.1) is 36.0 Å². The van der Waals surface area contributed by atoms with Gasteiger partial charge in [-0.3, -0.25) is 19.5 Å². The Balaban J connectivity index is 1.63. The number of fused-ring (bicyclic) bond motifs is 2. The molecule has 1 N–H and O–H groups in total. The molecule has 1 saturated heterocycles. The molecule has 1 aliphatic heterocycles. The molecule has 0 saturated carbocycles. The summed E-state index contributed by atoms with van der Waals surface area (Å²) in [6, 6.07) is 9.23. The standard InChI is InChI=1S/C30H35ClN6O3/c1-19(2)30(39)37-12-10-36(11-13-37)29-22-8-7-21(31)15-23(22)24(14-20-6-5-9-33-27(20)29)28(34-26(38)17-40-4)25-16-32-18-35(25)3/h5-9,14-16,18-19,28-29H,10-13,17H2,1-4H3,(H,34,38). The Morgan fingerprint density at radius 1 is 1.18 bits per heavy atom. The van der Waals surface area contributed by atoms with Crippen LogP contribution in [-0.2, 0) is 21.4 Å². The quantitative estimate of drug-likeness (QED) is 0.472. The average molecular weight is 563 g/mol. The normalized spacial score (nSPS) is 18.0. The van der Waals surface area contributed by atoms with Crippen molar-refractivity contribution in [3.05, 3.63) is 82.2 Å². The van der Waals surface area contributed by atoms with E-state index in [9.17, 15) is 9.59 Å².